The second kappa shape index (κ2) is 16.0. The normalized spacial score (nSPS) is 28.4. The van der Waals surface area contributed by atoms with Gasteiger partial charge in [-0.25, -0.2) is 4.79 Å². The van der Waals surface area contributed by atoms with Crippen LogP contribution in [0.25, 0.3) is 0 Å². The molecule has 6 atom stereocenters. The van der Waals surface area contributed by atoms with Crippen LogP contribution in [0.5, 0.6) is 0 Å². The lowest BCUT2D eigenvalue weighted by Gasteiger charge is -2.30. The minimum Gasteiger partial charge on any atom is -0.439 e. The lowest BCUT2D eigenvalue weighted by Crippen LogP contribution is -2.37. The van der Waals surface area contributed by atoms with E-state index in [0.29, 0.717) is 12.0 Å². The number of aliphatic hydroxyl groups excluding tert-OH is 1. The number of rotatable bonds is 6. The summed E-state index contributed by atoms with van der Waals surface area (Å²) in [6.45, 7) is 10.9. The molecule has 0 fully saturated rings. The number of methoxy groups -OCH3 is 2. The molecular formula is C31H43N3O8. The number of ketones is 2. The molecule has 2 aliphatic rings. The standard InChI is InChI=1S/C31H43N3O8/c1-8-12-33-26-21-13-17(2)14-25(41-7)27(36)19(4)15-20(5)29(42-31(32)39)24(40-6)11-9-10-18(3)30(38)34-22(28(21)37)16-23(26)35/h8-11,15-17,19,24-25,27,29,33,36H,1,12-14H2,2-7H3,(H2,32,39)(H,34,38)/t17-,19+,24+,25+,27-,29?/m1/s1. The fraction of sp³-hybridized carbons (Fsp3) is 0.484. The molecule has 1 aliphatic carbocycles. The maximum Gasteiger partial charge on any atom is 0.405 e. The van der Waals surface area contributed by atoms with E-state index in [4.69, 9.17) is 19.9 Å². The van der Waals surface area contributed by atoms with Gasteiger partial charge < -0.3 is 35.7 Å². The Labute approximate surface area is 247 Å². The average molecular weight is 586 g/mol. The van der Waals surface area contributed by atoms with Crippen molar-refractivity contribution in [2.45, 2.75) is 65.0 Å². The Kier molecular flexibility index (Phi) is 13.1. The maximum atomic E-state index is 13.5. The molecule has 0 saturated carbocycles. The van der Waals surface area contributed by atoms with Crippen molar-refractivity contribution >= 4 is 23.6 Å². The van der Waals surface area contributed by atoms with E-state index in [1.165, 1.54) is 20.3 Å². The lowest BCUT2D eigenvalue weighted by molar-refractivity contribution is -0.120. The number of amides is 2. The minimum atomic E-state index is -1.00. The van der Waals surface area contributed by atoms with Crippen LogP contribution in [0.3, 0.4) is 0 Å². The number of aliphatic hydroxyl groups is 1. The summed E-state index contributed by atoms with van der Waals surface area (Å²) in [5.41, 5.74) is 6.42. The van der Waals surface area contributed by atoms with Gasteiger partial charge in [-0.3, -0.25) is 14.4 Å². The van der Waals surface area contributed by atoms with E-state index in [1.54, 1.807) is 45.1 Å². The minimum absolute atomic E-state index is 0.132. The summed E-state index contributed by atoms with van der Waals surface area (Å²) in [4.78, 5) is 51.3. The molecule has 2 amide bonds. The molecule has 11 heteroatoms. The number of Topliss-reactive ketones (excluding diaryl/α,β-unsaturated/α-hetero) is 1. The number of hydrogen-bond donors (Lipinski definition) is 4. The van der Waals surface area contributed by atoms with Crippen LogP contribution in [0.2, 0.25) is 0 Å². The highest BCUT2D eigenvalue weighted by molar-refractivity contribution is 6.23. The Balaban J connectivity index is 2.62. The average Bonchev–Trinajstić information content (AvgIpc) is 2.94. The van der Waals surface area contributed by atoms with Crippen molar-refractivity contribution in [3.05, 3.63) is 71.1 Å². The Morgan fingerprint density at radius 3 is 2.50 bits per heavy atom. The summed E-state index contributed by atoms with van der Waals surface area (Å²) in [7, 11) is 2.92. The van der Waals surface area contributed by atoms with Crippen LogP contribution in [0.4, 0.5) is 4.79 Å². The zero-order valence-corrected chi connectivity index (χ0v) is 25.1. The summed E-state index contributed by atoms with van der Waals surface area (Å²) in [5.74, 6) is -2.14. The van der Waals surface area contributed by atoms with Gasteiger partial charge in [-0.1, -0.05) is 44.2 Å². The van der Waals surface area contributed by atoms with Gasteiger partial charge in [-0.05, 0) is 38.2 Å². The molecule has 1 unspecified atom stereocenters. The van der Waals surface area contributed by atoms with E-state index >= 15 is 0 Å². The van der Waals surface area contributed by atoms with Crippen LogP contribution in [0.15, 0.2) is 71.1 Å². The Morgan fingerprint density at radius 1 is 1.21 bits per heavy atom. The molecule has 0 radical (unpaired) electrons. The number of nitrogens with two attached hydrogens (primary N) is 1. The summed E-state index contributed by atoms with van der Waals surface area (Å²) in [6.07, 6.45) is 5.34. The SMILES string of the molecule is C=CCNC1=C2C[C@@H](C)C[C@H](OC)[C@H](O)[C@@H](C)C=C(C)C(OC(N)=O)[C@@H](OC)C=CC=C(C)C(=O)NC(=CC1=O)C2=O. The predicted molar refractivity (Wildman–Crippen MR) is 158 cm³/mol. The van der Waals surface area contributed by atoms with Crippen molar-refractivity contribution in [1.29, 1.82) is 0 Å². The molecule has 0 aromatic carbocycles. The molecule has 0 aromatic heterocycles. The van der Waals surface area contributed by atoms with Crippen LogP contribution < -0.4 is 16.4 Å². The Morgan fingerprint density at radius 2 is 1.90 bits per heavy atom. The third-order valence-corrected chi connectivity index (χ3v) is 7.22. The summed E-state index contributed by atoms with van der Waals surface area (Å²) >= 11 is 0. The fourth-order valence-corrected chi connectivity index (χ4v) is 4.95. The van der Waals surface area contributed by atoms with Crippen LogP contribution in [-0.2, 0) is 28.6 Å². The van der Waals surface area contributed by atoms with Gasteiger partial charge in [-0.2, -0.15) is 0 Å². The quantitative estimate of drug-likeness (QED) is 0.271. The zero-order chi connectivity index (χ0) is 31.6. The first kappa shape index (κ1) is 34.4. The fourth-order valence-electron chi connectivity index (χ4n) is 4.95. The van der Waals surface area contributed by atoms with Gasteiger partial charge in [0.15, 0.2) is 6.10 Å². The van der Waals surface area contributed by atoms with E-state index in [1.807, 2.05) is 6.92 Å². The third kappa shape index (κ3) is 9.10. The topological polar surface area (TPSA) is 166 Å². The second-order valence-corrected chi connectivity index (χ2v) is 10.6. The Hall–Kier alpha value is -3.80. The maximum absolute atomic E-state index is 13.5. The van der Waals surface area contributed by atoms with Crippen LogP contribution >= 0.6 is 0 Å². The number of primary amides is 1. The van der Waals surface area contributed by atoms with Gasteiger partial charge in [0, 0.05) is 43.9 Å². The van der Waals surface area contributed by atoms with E-state index in [9.17, 15) is 24.3 Å². The molecule has 1 aliphatic heterocycles. The van der Waals surface area contributed by atoms with Gasteiger partial charge in [0.2, 0.25) is 11.6 Å². The van der Waals surface area contributed by atoms with E-state index in [2.05, 4.69) is 17.2 Å². The molecule has 0 spiro atoms. The van der Waals surface area contributed by atoms with Crippen molar-refractivity contribution in [3.8, 4) is 0 Å². The van der Waals surface area contributed by atoms with E-state index in [0.717, 1.165) is 6.08 Å². The van der Waals surface area contributed by atoms with Gasteiger partial charge in [-0.15, -0.1) is 6.58 Å². The van der Waals surface area contributed by atoms with E-state index < -0.39 is 53.9 Å². The molecular weight excluding hydrogens is 542 g/mol. The highest BCUT2D eigenvalue weighted by atomic mass is 16.6. The first-order chi connectivity index (χ1) is 19.8. The summed E-state index contributed by atoms with van der Waals surface area (Å²) in [5, 5.41) is 16.7. The zero-order valence-electron chi connectivity index (χ0n) is 25.1. The van der Waals surface area contributed by atoms with Gasteiger partial charge in [0.05, 0.1) is 23.6 Å². The smallest absolute Gasteiger partial charge is 0.405 e. The van der Waals surface area contributed by atoms with Crippen molar-refractivity contribution in [3.63, 3.8) is 0 Å². The first-order valence-electron chi connectivity index (χ1n) is 13.8. The van der Waals surface area contributed by atoms with Gasteiger partial charge >= 0.3 is 6.09 Å². The lowest BCUT2D eigenvalue weighted by atomic mass is 9.85. The molecule has 1 heterocycles. The molecule has 42 heavy (non-hydrogen) atoms. The van der Waals surface area contributed by atoms with Crippen molar-refractivity contribution in [1.82, 2.24) is 10.6 Å². The molecule has 5 N–H and O–H groups in total. The molecule has 230 valence electrons. The highest BCUT2D eigenvalue weighted by Crippen LogP contribution is 2.28. The number of allylic oxidation sites excluding steroid dienone is 4. The second-order valence-electron chi connectivity index (χ2n) is 10.6. The largest absolute Gasteiger partial charge is 0.439 e. The number of carbonyl (C=O) groups excluding carboxylic acids is 4. The predicted octanol–water partition coefficient (Wildman–Crippen LogP) is 2.54. The van der Waals surface area contributed by atoms with Crippen LogP contribution in [-0.4, -0.2) is 73.9 Å². The summed E-state index contributed by atoms with van der Waals surface area (Å²) in [6, 6.07) is 0. The summed E-state index contributed by atoms with van der Waals surface area (Å²) < 4.78 is 16.6. The number of nitrogens with one attached hydrogen (secondary N) is 2. The molecule has 0 aromatic rings. The Bertz CT molecular complexity index is 1210. The number of hydrogen-bond acceptors (Lipinski definition) is 9. The van der Waals surface area contributed by atoms with Gasteiger partial charge in [0.25, 0.3) is 5.91 Å². The number of ether oxygens (including phenoxy) is 3. The number of carbonyl (C=O) groups is 4. The van der Waals surface area contributed by atoms with Crippen LogP contribution in [0, 0.1) is 11.8 Å². The molecule has 2 rings (SSSR count). The van der Waals surface area contributed by atoms with Gasteiger partial charge in [0.1, 0.15) is 6.10 Å². The van der Waals surface area contributed by atoms with Crippen molar-refractivity contribution in [2.24, 2.45) is 17.6 Å². The third-order valence-electron chi connectivity index (χ3n) is 7.22. The van der Waals surface area contributed by atoms with E-state index in [-0.39, 0.29) is 41.4 Å². The highest BCUT2D eigenvalue weighted by Gasteiger charge is 2.33. The molecule has 11 nitrogen and oxygen atoms in total. The number of fused-ring (bicyclic) bond motifs is 2. The van der Waals surface area contributed by atoms with Crippen molar-refractivity contribution in [2.75, 3.05) is 20.8 Å². The van der Waals surface area contributed by atoms with Crippen LogP contribution in [0.1, 0.15) is 40.5 Å². The monoisotopic (exact) mass is 585 g/mol. The van der Waals surface area contributed by atoms with Crippen molar-refractivity contribution < 1.29 is 38.5 Å². The first-order valence-corrected chi connectivity index (χ1v) is 13.8. The molecule has 0 saturated heterocycles. The molecule has 2 bridgehead atoms.